The molecule has 18 heavy (non-hydrogen) atoms. The maximum Gasteiger partial charge on any atom is 0.316 e. The zero-order valence-electron chi connectivity index (χ0n) is 9.54. The summed E-state index contributed by atoms with van der Waals surface area (Å²) in [6, 6.07) is 11.0. The normalized spacial score (nSPS) is 12.2. The SMILES string of the molecule is O=C(O)C[S@](=O)Cc1ccccc1-c1ccco1. The highest BCUT2D eigenvalue weighted by molar-refractivity contribution is 7.84. The maximum absolute atomic E-state index is 11.6. The summed E-state index contributed by atoms with van der Waals surface area (Å²) in [4.78, 5) is 10.5. The number of carboxylic acid groups (broad SMARTS) is 1. The second-order valence-electron chi connectivity index (χ2n) is 3.76. The Morgan fingerprint density at radius 2 is 2.00 bits per heavy atom. The smallest absolute Gasteiger partial charge is 0.316 e. The molecule has 0 bridgehead atoms. The fraction of sp³-hybridized carbons (Fsp3) is 0.154. The average molecular weight is 264 g/mol. The van der Waals surface area contributed by atoms with E-state index in [0.717, 1.165) is 11.1 Å². The fourth-order valence-electron chi connectivity index (χ4n) is 1.68. The predicted octanol–water partition coefficient (Wildman–Crippen LogP) is 2.28. The fourth-order valence-corrected chi connectivity index (χ4v) is 2.66. The second kappa shape index (κ2) is 5.64. The van der Waals surface area contributed by atoms with E-state index in [4.69, 9.17) is 9.52 Å². The zero-order chi connectivity index (χ0) is 13.0. The lowest BCUT2D eigenvalue weighted by Gasteiger charge is -2.06. The lowest BCUT2D eigenvalue weighted by atomic mass is 10.1. The van der Waals surface area contributed by atoms with E-state index < -0.39 is 16.8 Å². The third kappa shape index (κ3) is 3.07. The molecule has 2 rings (SSSR count). The second-order valence-corrected chi connectivity index (χ2v) is 5.21. The summed E-state index contributed by atoms with van der Waals surface area (Å²) < 4.78 is 17.0. The molecule has 0 fully saturated rings. The molecule has 0 unspecified atom stereocenters. The minimum Gasteiger partial charge on any atom is -0.481 e. The van der Waals surface area contributed by atoms with E-state index in [9.17, 15) is 9.00 Å². The molecule has 0 saturated carbocycles. The Morgan fingerprint density at radius 3 is 2.67 bits per heavy atom. The first-order chi connectivity index (χ1) is 8.66. The van der Waals surface area contributed by atoms with Crippen molar-refractivity contribution in [3.05, 3.63) is 48.2 Å². The summed E-state index contributed by atoms with van der Waals surface area (Å²) in [6.07, 6.45) is 1.57. The van der Waals surface area contributed by atoms with Gasteiger partial charge in [-0.15, -0.1) is 0 Å². The highest BCUT2D eigenvalue weighted by Crippen LogP contribution is 2.24. The molecule has 1 aromatic heterocycles. The van der Waals surface area contributed by atoms with Gasteiger partial charge in [0.2, 0.25) is 0 Å². The first-order valence-corrected chi connectivity index (χ1v) is 6.84. The largest absolute Gasteiger partial charge is 0.481 e. The molecule has 2 aromatic rings. The van der Waals surface area contributed by atoms with E-state index in [1.165, 1.54) is 0 Å². The van der Waals surface area contributed by atoms with Gasteiger partial charge in [-0.05, 0) is 17.7 Å². The Labute approximate surface area is 107 Å². The van der Waals surface area contributed by atoms with Gasteiger partial charge < -0.3 is 9.52 Å². The standard InChI is InChI=1S/C13H12O4S/c14-13(15)9-18(16)8-10-4-1-2-5-11(10)12-6-3-7-17-12/h1-7H,8-9H2,(H,14,15)/t18-/m1/s1. The van der Waals surface area contributed by atoms with Gasteiger partial charge in [-0.1, -0.05) is 24.3 Å². The molecule has 4 nitrogen and oxygen atoms in total. The van der Waals surface area contributed by atoms with Gasteiger partial charge in [0, 0.05) is 22.1 Å². The summed E-state index contributed by atoms with van der Waals surface area (Å²) >= 11 is 0. The molecule has 0 radical (unpaired) electrons. The topological polar surface area (TPSA) is 67.5 Å². The number of carbonyl (C=O) groups is 1. The summed E-state index contributed by atoms with van der Waals surface area (Å²) in [5, 5.41) is 8.60. The van der Waals surface area contributed by atoms with Crippen LogP contribution in [0, 0.1) is 0 Å². The number of carboxylic acids is 1. The Morgan fingerprint density at radius 1 is 1.22 bits per heavy atom. The van der Waals surface area contributed by atoms with Crippen molar-refractivity contribution in [3.8, 4) is 11.3 Å². The molecule has 0 aliphatic heterocycles. The number of benzene rings is 1. The van der Waals surface area contributed by atoms with Gasteiger partial charge in [0.05, 0.1) is 6.26 Å². The first-order valence-electron chi connectivity index (χ1n) is 5.35. The van der Waals surface area contributed by atoms with Gasteiger partial charge in [0.15, 0.2) is 0 Å². The van der Waals surface area contributed by atoms with Crippen LogP contribution in [0.15, 0.2) is 47.1 Å². The Bertz CT molecular complexity index is 560. The van der Waals surface area contributed by atoms with Crippen molar-refractivity contribution in [2.75, 3.05) is 5.75 Å². The molecule has 5 heteroatoms. The number of rotatable bonds is 5. The van der Waals surface area contributed by atoms with Crippen molar-refractivity contribution in [2.45, 2.75) is 5.75 Å². The van der Waals surface area contributed by atoms with Crippen molar-refractivity contribution in [1.29, 1.82) is 0 Å². The number of hydrogen-bond acceptors (Lipinski definition) is 3. The summed E-state index contributed by atoms with van der Waals surface area (Å²) in [5.41, 5.74) is 1.67. The molecular weight excluding hydrogens is 252 g/mol. The van der Waals surface area contributed by atoms with Crippen molar-refractivity contribution in [3.63, 3.8) is 0 Å². The molecule has 1 aromatic carbocycles. The Balaban J connectivity index is 2.23. The van der Waals surface area contributed by atoms with Crippen LogP contribution in [0.25, 0.3) is 11.3 Å². The van der Waals surface area contributed by atoms with Gasteiger partial charge in [-0.3, -0.25) is 9.00 Å². The first kappa shape index (κ1) is 12.6. The van der Waals surface area contributed by atoms with E-state index in [1.807, 2.05) is 30.3 Å². The highest BCUT2D eigenvalue weighted by atomic mass is 32.2. The van der Waals surface area contributed by atoms with Crippen molar-refractivity contribution < 1.29 is 18.5 Å². The van der Waals surface area contributed by atoms with Crippen LogP contribution in [0.5, 0.6) is 0 Å². The van der Waals surface area contributed by atoms with Crippen LogP contribution in [0.1, 0.15) is 5.56 Å². The van der Waals surface area contributed by atoms with Crippen LogP contribution in [-0.4, -0.2) is 21.0 Å². The van der Waals surface area contributed by atoms with Gasteiger partial charge in [-0.2, -0.15) is 0 Å². The van der Waals surface area contributed by atoms with Crippen LogP contribution < -0.4 is 0 Å². The lowest BCUT2D eigenvalue weighted by molar-refractivity contribution is -0.133. The summed E-state index contributed by atoms with van der Waals surface area (Å²) in [6.45, 7) is 0. The third-order valence-corrected chi connectivity index (χ3v) is 3.61. The third-order valence-electron chi connectivity index (χ3n) is 2.40. The molecule has 1 atom stereocenters. The maximum atomic E-state index is 11.6. The van der Waals surface area contributed by atoms with E-state index >= 15 is 0 Å². The van der Waals surface area contributed by atoms with Crippen LogP contribution in [0.3, 0.4) is 0 Å². The van der Waals surface area contributed by atoms with Crippen molar-refractivity contribution >= 4 is 16.8 Å². The minimum atomic E-state index is -1.41. The molecule has 0 aliphatic rings. The van der Waals surface area contributed by atoms with Gasteiger partial charge in [0.1, 0.15) is 11.5 Å². The molecular formula is C13H12O4S. The average Bonchev–Trinajstić information content (AvgIpc) is 2.81. The monoisotopic (exact) mass is 264 g/mol. The van der Waals surface area contributed by atoms with E-state index in [0.29, 0.717) is 5.76 Å². The molecule has 0 saturated heterocycles. The summed E-state index contributed by atoms with van der Waals surface area (Å²) in [5.74, 6) is -0.489. The van der Waals surface area contributed by atoms with E-state index in [-0.39, 0.29) is 11.5 Å². The molecule has 0 spiro atoms. The van der Waals surface area contributed by atoms with Crippen molar-refractivity contribution in [2.24, 2.45) is 0 Å². The van der Waals surface area contributed by atoms with Crippen LogP contribution in [0.2, 0.25) is 0 Å². The molecule has 0 aliphatic carbocycles. The van der Waals surface area contributed by atoms with Gasteiger partial charge in [-0.25, -0.2) is 0 Å². The summed E-state index contributed by atoms with van der Waals surface area (Å²) in [7, 11) is -1.41. The quantitative estimate of drug-likeness (QED) is 0.899. The predicted molar refractivity (Wildman–Crippen MR) is 68.5 cm³/mol. The molecule has 1 N–H and O–H groups in total. The van der Waals surface area contributed by atoms with Crippen LogP contribution in [-0.2, 0) is 21.3 Å². The van der Waals surface area contributed by atoms with Crippen molar-refractivity contribution in [1.82, 2.24) is 0 Å². The highest BCUT2D eigenvalue weighted by Gasteiger charge is 2.12. The molecule has 94 valence electrons. The Kier molecular flexibility index (Phi) is 3.94. The van der Waals surface area contributed by atoms with E-state index in [2.05, 4.69) is 0 Å². The number of hydrogen-bond donors (Lipinski definition) is 1. The Hall–Kier alpha value is -1.88. The van der Waals surface area contributed by atoms with Gasteiger partial charge in [0.25, 0.3) is 0 Å². The molecule has 1 heterocycles. The van der Waals surface area contributed by atoms with Gasteiger partial charge >= 0.3 is 5.97 Å². The zero-order valence-corrected chi connectivity index (χ0v) is 10.4. The van der Waals surface area contributed by atoms with Crippen LogP contribution >= 0.6 is 0 Å². The lowest BCUT2D eigenvalue weighted by Crippen LogP contribution is -2.11. The number of aliphatic carboxylic acids is 1. The van der Waals surface area contributed by atoms with E-state index in [1.54, 1.807) is 12.3 Å². The minimum absolute atomic E-state index is 0.211. The molecule has 0 amide bonds. The number of furan rings is 1. The van der Waals surface area contributed by atoms with Crippen LogP contribution in [0.4, 0.5) is 0 Å².